The van der Waals surface area contributed by atoms with Crippen LogP contribution in [0.3, 0.4) is 0 Å². The van der Waals surface area contributed by atoms with Gasteiger partial charge in [-0.2, -0.15) is 0 Å². The highest BCUT2D eigenvalue weighted by Crippen LogP contribution is 2.42. The molecule has 0 atom stereocenters. The number of hydrogen-bond donors (Lipinski definition) is 2. The molecule has 2 heterocycles. The summed E-state index contributed by atoms with van der Waals surface area (Å²) in [6.45, 7) is 3.37. The van der Waals surface area contributed by atoms with Crippen molar-refractivity contribution in [2.75, 3.05) is 30.3 Å². The minimum atomic E-state index is -0.842. The van der Waals surface area contributed by atoms with Crippen LogP contribution in [0, 0.1) is 17.5 Å². The number of amides is 2. The lowest BCUT2D eigenvalue weighted by molar-refractivity contribution is 0.0885. The molecule has 0 unspecified atom stereocenters. The average Bonchev–Trinajstić information content (AvgIpc) is 2.76. The number of carbonyl (C=O) groups is 2. The molecule has 0 bridgehead atoms. The molecule has 0 saturated carbocycles. The van der Waals surface area contributed by atoms with E-state index in [1.54, 1.807) is 11.0 Å². The normalized spacial score (nSPS) is 17.4. The van der Waals surface area contributed by atoms with Crippen LogP contribution in [0.15, 0.2) is 30.3 Å². The number of piperidine rings is 1. The molecule has 32 heavy (non-hydrogen) atoms. The van der Waals surface area contributed by atoms with E-state index < -0.39 is 23.0 Å². The van der Waals surface area contributed by atoms with Crippen LogP contribution >= 0.6 is 0 Å². The number of hydrogen-bond acceptors (Lipinski definition) is 4. The average molecular weight is 446 g/mol. The van der Waals surface area contributed by atoms with Gasteiger partial charge in [-0.1, -0.05) is 0 Å². The number of carbonyl (C=O) groups excluding carboxylic acids is 2. The Hall–Kier alpha value is -3.23. The molecule has 3 N–H and O–H groups in total. The lowest BCUT2D eigenvalue weighted by Crippen LogP contribution is -2.60. The van der Waals surface area contributed by atoms with Crippen LogP contribution in [0.2, 0.25) is 0 Å². The van der Waals surface area contributed by atoms with E-state index in [-0.39, 0.29) is 36.0 Å². The minimum absolute atomic E-state index is 0.0912. The molecular weight excluding hydrogens is 421 g/mol. The molecule has 4 rings (SSSR count). The van der Waals surface area contributed by atoms with Crippen molar-refractivity contribution >= 4 is 23.2 Å². The molecule has 0 radical (unpaired) electrons. The quantitative estimate of drug-likeness (QED) is 0.703. The Morgan fingerprint density at radius 2 is 1.84 bits per heavy atom. The van der Waals surface area contributed by atoms with E-state index in [4.69, 9.17) is 5.73 Å². The Balaban J connectivity index is 1.43. The first-order valence-electron chi connectivity index (χ1n) is 10.6. The summed E-state index contributed by atoms with van der Waals surface area (Å²) in [5.41, 5.74) is 6.10. The highest BCUT2D eigenvalue weighted by Gasteiger charge is 2.46. The Morgan fingerprint density at radius 1 is 1.12 bits per heavy atom. The van der Waals surface area contributed by atoms with Gasteiger partial charge in [0.05, 0.1) is 11.2 Å². The molecule has 1 saturated heterocycles. The third-order valence-electron chi connectivity index (χ3n) is 6.51. The molecule has 2 aromatic rings. The van der Waals surface area contributed by atoms with E-state index >= 15 is 0 Å². The minimum Gasteiger partial charge on any atom is -0.396 e. The summed E-state index contributed by atoms with van der Waals surface area (Å²) >= 11 is 0. The number of fused-ring (bicyclic) bond motifs is 1. The Morgan fingerprint density at radius 3 is 2.53 bits per heavy atom. The number of ketones is 1. The van der Waals surface area contributed by atoms with Crippen molar-refractivity contribution in [3.63, 3.8) is 0 Å². The molecule has 2 aliphatic rings. The summed E-state index contributed by atoms with van der Waals surface area (Å²) in [6, 6.07) is 5.80. The molecule has 0 aliphatic carbocycles. The number of benzene rings is 2. The van der Waals surface area contributed by atoms with Gasteiger partial charge in [-0.05, 0) is 44.0 Å². The second-order valence-electron chi connectivity index (χ2n) is 8.34. The second-order valence-corrected chi connectivity index (χ2v) is 8.34. The molecule has 2 amide bonds. The molecule has 2 aliphatic heterocycles. The Kier molecular flexibility index (Phi) is 5.75. The third-order valence-corrected chi connectivity index (χ3v) is 6.51. The maximum absolute atomic E-state index is 13.9. The van der Waals surface area contributed by atoms with Gasteiger partial charge in [-0.25, -0.2) is 18.0 Å². The van der Waals surface area contributed by atoms with E-state index in [1.165, 1.54) is 18.2 Å². The van der Waals surface area contributed by atoms with Gasteiger partial charge in [0, 0.05) is 55.5 Å². The van der Waals surface area contributed by atoms with Crippen molar-refractivity contribution in [3.05, 3.63) is 58.9 Å². The standard InChI is InChI=1S/C23H25F3N4O2/c1-2-30-20-4-3-15(24)10-16(20)21(31)12-23(30)5-7-29(8-6-23)22(32)28-13-14-9-19(27)18(26)11-17(14)25/h3-4,9-11H,2,5-8,12-13,27H2,1H3,(H,28,32). The van der Waals surface area contributed by atoms with Gasteiger partial charge >= 0.3 is 6.03 Å². The molecule has 6 nitrogen and oxygen atoms in total. The number of halogens is 3. The predicted molar refractivity (Wildman–Crippen MR) is 115 cm³/mol. The first-order valence-corrected chi connectivity index (χ1v) is 10.6. The van der Waals surface area contributed by atoms with Crippen LogP contribution < -0.4 is 16.0 Å². The summed E-state index contributed by atoms with van der Waals surface area (Å²) in [4.78, 5) is 29.2. The number of urea groups is 1. The number of anilines is 2. The number of nitrogens with two attached hydrogens (primary N) is 1. The molecule has 0 aromatic heterocycles. The van der Waals surface area contributed by atoms with Crippen molar-refractivity contribution in [1.82, 2.24) is 10.2 Å². The van der Waals surface area contributed by atoms with Gasteiger partial charge in [0.1, 0.15) is 17.5 Å². The van der Waals surface area contributed by atoms with Crippen molar-refractivity contribution in [2.45, 2.75) is 38.3 Å². The van der Waals surface area contributed by atoms with E-state index in [0.29, 0.717) is 44.1 Å². The van der Waals surface area contributed by atoms with Crippen molar-refractivity contribution in [1.29, 1.82) is 0 Å². The summed E-state index contributed by atoms with van der Waals surface area (Å²) < 4.78 is 40.9. The van der Waals surface area contributed by atoms with Crippen LogP contribution in [0.1, 0.15) is 42.1 Å². The van der Waals surface area contributed by atoms with Gasteiger partial charge in [-0.3, -0.25) is 4.79 Å². The van der Waals surface area contributed by atoms with E-state index in [2.05, 4.69) is 10.2 Å². The zero-order chi connectivity index (χ0) is 23.0. The first kappa shape index (κ1) is 22.0. The van der Waals surface area contributed by atoms with E-state index in [0.717, 1.165) is 5.69 Å². The summed E-state index contributed by atoms with van der Waals surface area (Å²) in [7, 11) is 0. The SMILES string of the molecule is CCN1c2ccc(F)cc2C(=O)CC12CCN(C(=O)NCc1cc(N)c(F)cc1F)CC2. The van der Waals surface area contributed by atoms with Crippen LogP contribution in [0.4, 0.5) is 29.3 Å². The molecule has 1 fully saturated rings. The molecule has 2 aromatic carbocycles. The van der Waals surface area contributed by atoms with Crippen LogP contribution in [0.5, 0.6) is 0 Å². The van der Waals surface area contributed by atoms with Crippen LogP contribution in [-0.2, 0) is 6.54 Å². The monoisotopic (exact) mass is 446 g/mol. The highest BCUT2D eigenvalue weighted by molar-refractivity contribution is 6.04. The lowest BCUT2D eigenvalue weighted by atomic mass is 9.76. The number of nitrogens with zero attached hydrogens (tertiary/aromatic N) is 2. The molecule has 1 spiro atoms. The number of nitrogens with one attached hydrogen (secondary N) is 1. The topological polar surface area (TPSA) is 78.7 Å². The van der Waals surface area contributed by atoms with Gasteiger partial charge in [0.25, 0.3) is 0 Å². The summed E-state index contributed by atoms with van der Waals surface area (Å²) in [5.74, 6) is -2.14. The smallest absolute Gasteiger partial charge is 0.317 e. The number of Topliss-reactive ketones (excluding diaryl/α,β-unsaturated/α-hetero) is 1. The third kappa shape index (κ3) is 3.87. The largest absolute Gasteiger partial charge is 0.396 e. The Bertz CT molecular complexity index is 1070. The zero-order valence-corrected chi connectivity index (χ0v) is 17.8. The predicted octanol–water partition coefficient (Wildman–Crippen LogP) is 3.84. The van der Waals surface area contributed by atoms with Crippen LogP contribution in [-0.4, -0.2) is 41.9 Å². The van der Waals surface area contributed by atoms with Gasteiger partial charge < -0.3 is 20.9 Å². The maximum Gasteiger partial charge on any atom is 0.317 e. The summed E-state index contributed by atoms with van der Waals surface area (Å²) in [6.07, 6.45) is 1.43. The molecule has 9 heteroatoms. The fraction of sp³-hybridized carbons (Fsp3) is 0.391. The number of likely N-dealkylation sites (tertiary alicyclic amines) is 1. The number of nitrogen functional groups attached to an aromatic ring is 1. The van der Waals surface area contributed by atoms with Gasteiger partial charge in [-0.15, -0.1) is 0 Å². The van der Waals surface area contributed by atoms with E-state index in [1.807, 2.05) is 6.92 Å². The fourth-order valence-corrected chi connectivity index (χ4v) is 4.82. The zero-order valence-electron chi connectivity index (χ0n) is 17.8. The van der Waals surface area contributed by atoms with Crippen molar-refractivity contribution < 1.29 is 22.8 Å². The second kappa shape index (κ2) is 8.37. The molecular formula is C23H25F3N4O2. The summed E-state index contributed by atoms with van der Waals surface area (Å²) in [5, 5.41) is 2.65. The lowest BCUT2D eigenvalue weighted by Gasteiger charge is -2.52. The van der Waals surface area contributed by atoms with Crippen molar-refractivity contribution in [2.24, 2.45) is 0 Å². The van der Waals surface area contributed by atoms with Crippen molar-refractivity contribution in [3.8, 4) is 0 Å². The fourth-order valence-electron chi connectivity index (χ4n) is 4.82. The van der Waals surface area contributed by atoms with E-state index in [9.17, 15) is 22.8 Å². The Labute approximate surface area is 184 Å². The first-order chi connectivity index (χ1) is 15.2. The van der Waals surface area contributed by atoms with Crippen LogP contribution in [0.25, 0.3) is 0 Å². The van der Waals surface area contributed by atoms with Gasteiger partial charge in [0.15, 0.2) is 5.78 Å². The number of rotatable bonds is 3. The highest BCUT2D eigenvalue weighted by atomic mass is 19.1. The maximum atomic E-state index is 13.9. The molecule has 170 valence electrons. The van der Waals surface area contributed by atoms with Gasteiger partial charge in [0.2, 0.25) is 0 Å².